The molecule has 0 heterocycles. The fourth-order valence-electron chi connectivity index (χ4n) is 9.83. The van der Waals surface area contributed by atoms with E-state index in [2.05, 4.69) is 13.8 Å². The molecule has 0 aromatic heterocycles. The highest BCUT2D eigenvalue weighted by atomic mass is 31.2. The van der Waals surface area contributed by atoms with Crippen LogP contribution in [0.5, 0.6) is 0 Å². The van der Waals surface area contributed by atoms with Crippen LogP contribution in [-0.2, 0) is 9.09 Å². The molecular weight excluding hydrogens is 790 g/mol. The zero-order valence-electron chi connectivity index (χ0n) is 44.0. The number of rotatable bonds is 57. The lowest BCUT2D eigenvalue weighted by molar-refractivity contribution is 0.206. The SMILES string of the molecule is CCCCCCCCCCCCCCCCCCCCCCCCCCCCN(CCCCCCCCCCCCCCCCCCCCCCCCCCCC)P(=O)(O)OCC. The highest BCUT2D eigenvalue weighted by Gasteiger charge is 2.28. The van der Waals surface area contributed by atoms with E-state index in [-0.39, 0.29) is 0 Å². The molecule has 0 radical (unpaired) electrons. The first-order chi connectivity index (χ1) is 31.1. The van der Waals surface area contributed by atoms with Crippen molar-refractivity contribution in [3.05, 3.63) is 0 Å². The molecule has 4 nitrogen and oxygen atoms in total. The van der Waals surface area contributed by atoms with Crippen LogP contribution in [0, 0.1) is 0 Å². The fraction of sp³-hybridized carbons (Fsp3) is 1.00. The molecule has 0 rings (SSSR count). The van der Waals surface area contributed by atoms with Gasteiger partial charge >= 0.3 is 7.75 Å². The number of hydrogen-bond acceptors (Lipinski definition) is 2. The number of nitrogens with zero attached hydrogens (tertiary/aromatic N) is 1. The van der Waals surface area contributed by atoms with Crippen LogP contribution in [0.15, 0.2) is 0 Å². The smallest absolute Gasteiger partial charge is 0.312 e. The van der Waals surface area contributed by atoms with Crippen LogP contribution < -0.4 is 0 Å². The van der Waals surface area contributed by atoms with E-state index in [0.29, 0.717) is 19.7 Å². The molecule has 0 saturated carbocycles. The van der Waals surface area contributed by atoms with E-state index in [9.17, 15) is 9.46 Å². The van der Waals surface area contributed by atoms with E-state index >= 15 is 0 Å². The Bertz CT molecular complexity index is 813. The largest absolute Gasteiger partial charge is 0.405 e. The summed E-state index contributed by atoms with van der Waals surface area (Å²) in [6.07, 6.45) is 72.7. The maximum atomic E-state index is 12.9. The van der Waals surface area contributed by atoms with Crippen LogP contribution in [0.4, 0.5) is 0 Å². The van der Waals surface area contributed by atoms with Crippen molar-refractivity contribution < 1.29 is 14.0 Å². The normalized spacial score (nSPS) is 12.8. The molecule has 0 aromatic rings. The summed E-state index contributed by atoms with van der Waals surface area (Å²) in [7, 11) is -3.67. The Morgan fingerprint density at radius 2 is 0.413 bits per heavy atom. The molecule has 0 aliphatic carbocycles. The van der Waals surface area contributed by atoms with E-state index in [1.165, 1.54) is 308 Å². The van der Waals surface area contributed by atoms with Gasteiger partial charge in [0.25, 0.3) is 0 Å². The third kappa shape index (κ3) is 51.3. The van der Waals surface area contributed by atoms with Crippen molar-refractivity contribution in [1.82, 2.24) is 4.67 Å². The van der Waals surface area contributed by atoms with Crippen LogP contribution in [0.1, 0.15) is 355 Å². The Kier molecular flexibility index (Phi) is 54.8. The molecule has 380 valence electrons. The Balaban J connectivity index is 3.53. The third-order valence-corrected chi connectivity index (χ3v) is 15.9. The fourth-order valence-corrected chi connectivity index (χ4v) is 11.1. The van der Waals surface area contributed by atoms with Crippen molar-refractivity contribution in [3.8, 4) is 0 Å². The summed E-state index contributed by atoms with van der Waals surface area (Å²) in [6, 6.07) is 0. The zero-order valence-corrected chi connectivity index (χ0v) is 44.9. The molecule has 1 unspecified atom stereocenters. The van der Waals surface area contributed by atoms with E-state index in [4.69, 9.17) is 4.52 Å². The predicted octanol–water partition coefficient (Wildman–Crippen LogP) is 21.8. The van der Waals surface area contributed by atoms with Gasteiger partial charge in [0, 0.05) is 13.1 Å². The first kappa shape index (κ1) is 63.1. The molecule has 0 aliphatic heterocycles. The topological polar surface area (TPSA) is 49.8 Å². The summed E-state index contributed by atoms with van der Waals surface area (Å²) in [5, 5.41) is 0. The van der Waals surface area contributed by atoms with Crippen molar-refractivity contribution in [2.45, 2.75) is 355 Å². The van der Waals surface area contributed by atoms with Gasteiger partial charge in [0.1, 0.15) is 0 Å². The van der Waals surface area contributed by atoms with Crippen molar-refractivity contribution in [2.24, 2.45) is 0 Å². The van der Waals surface area contributed by atoms with Gasteiger partial charge in [-0.05, 0) is 19.8 Å². The molecule has 0 fully saturated rings. The standard InChI is InChI=1S/C58H120NO3P/c1-4-7-9-11-13-15-17-19-21-23-25-27-29-31-33-35-37-39-41-43-45-47-49-51-53-55-57-59(63(60,61)62-6-3)58-56-54-52-50-48-46-44-42-40-38-36-34-32-30-28-26-24-22-20-18-16-14-12-10-8-5-2/h4-58H2,1-3H3,(H,60,61). The van der Waals surface area contributed by atoms with Crippen molar-refractivity contribution in [1.29, 1.82) is 0 Å². The molecule has 5 heteroatoms. The summed E-state index contributed by atoms with van der Waals surface area (Å²) in [5.74, 6) is 0. The molecule has 0 spiro atoms. The average Bonchev–Trinajstić information content (AvgIpc) is 3.27. The molecule has 1 atom stereocenters. The second kappa shape index (κ2) is 54.7. The van der Waals surface area contributed by atoms with Crippen molar-refractivity contribution >= 4 is 7.75 Å². The summed E-state index contributed by atoms with van der Waals surface area (Å²) in [5.41, 5.74) is 0. The first-order valence-electron chi connectivity index (χ1n) is 29.8. The van der Waals surface area contributed by atoms with E-state index in [1.807, 2.05) is 6.92 Å². The monoisotopic (exact) mass is 910 g/mol. The number of unbranched alkanes of at least 4 members (excludes halogenated alkanes) is 50. The van der Waals surface area contributed by atoms with Gasteiger partial charge in [0.2, 0.25) is 0 Å². The minimum absolute atomic E-state index is 0.295. The van der Waals surface area contributed by atoms with Crippen LogP contribution in [0.2, 0.25) is 0 Å². The summed E-state index contributed by atoms with van der Waals surface area (Å²) in [6.45, 7) is 8.10. The maximum absolute atomic E-state index is 12.9. The minimum Gasteiger partial charge on any atom is -0.312 e. The lowest BCUT2D eigenvalue weighted by Gasteiger charge is -2.26. The van der Waals surface area contributed by atoms with Crippen LogP contribution >= 0.6 is 7.75 Å². The average molecular weight is 911 g/mol. The van der Waals surface area contributed by atoms with E-state index < -0.39 is 7.75 Å². The first-order valence-corrected chi connectivity index (χ1v) is 31.3. The Hall–Kier alpha value is 0.110. The Morgan fingerprint density at radius 1 is 0.270 bits per heavy atom. The van der Waals surface area contributed by atoms with Crippen LogP contribution in [0.3, 0.4) is 0 Å². The lowest BCUT2D eigenvalue weighted by atomic mass is 10.0. The predicted molar refractivity (Wildman–Crippen MR) is 284 cm³/mol. The van der Waals surface area contributed by atoms with Gasteiger partial charge in [-0.2, -0.15) is 0 Å². The van der Waals surface area contributed by atoms with Gasteiger partial charge in [-0.3, -0.25) is 4.52 Å². The lowest BCUT2D eigenvalue weighted by Crippen LogP contribution is -2.24. The van der Waals surface area contributed by atoms with Crippen LogP contribution in [0.25, 0.3) is 0 Å². The maximum Gasteiger partial charge on any atom is 0.405 e. The minimum atomic E-state index is -3.67. The van der Waals surface area contributed by atoms with Gasteiger partial charge in [0.05, 0.1) is 6.61 Å². The van der Waals surface area contributed by atoms with Gasteiger partial charge < -0.3 is 4.89 Å². The summed E-state index contributed by atoms with van der Waals surface area (Å²) in [4.78, 5) is 10.6. The summed E-state index contributed by atoms with van der Waals surface area (Å²) >= 11 is 0. The molecule has 0 saturated heterocycles. The Labute approximate surface area is 399 Å². The highest BCUT2D eigenvalue weighted by Crippen LogP contribution is 2.46. The molecule has 0 aromatic carbocycles. The third-order valence-electron chi connectivity index (χ3n) is 14.2. The zero-order chi connectivity index (χ0) is 45.7. The van der Waals surface area contributed by atoms with E-state index in [0.717, 1.165) is 25.7 Å². The van der Waals surface area contributed by atoms with Crippen molar-refractivity contribution in [3.63, 3.8) is 0 Å². The second-order valence-electron chi connectivity index (χ2n) is 20.5. The highest BCUT2D eigenvalue weighted by molar-refractivity contribution is 7.50. The van der Waals surface area contributed by atoms with Crippen LogP contribution in [-0.4, -0.2) is 29.3 Å². The van der Waals surface area contributed by atoms with Gasteiger partial charge in [-0.15, -0.1) is 0 Å². The second-order valence-corrected chi connectivity index (χ2v) is 22.3. The molecule has 63 heavy (non-hydrogen) atoms. The molecule has 0 bridgehead atoms. The molecule has 0 aliphatic rings. The molecular formula is C58H120NO3P. The number of hydrogen-bond donors (Lipinski definition) is 1. The summed E-state index contributed by atoms with van der Waals surface area (Å²) < 4.78 is 20.0. The Morgan fingerprint density at radius 3 is 0.556 bits per heavy atom. The molecule has 0 amide bonds. The molecule has 1 N–H and O–H groups in total. The quantitative estimate of drug-likeness (QED) is 0.0488. The van der Waals surface area contributed by atoms with Gasteiger partial charge in [-0.25, -0.2) is 9.24 Å². The van der Waals surface area contributed by atoms with E-state index in [1.54, 1.807) is 4.67 Å². The van der Waals surface area contributed by atoms with Gasteiger partial charge in [-0.1, -0.05) is 335 Å². The van der Waals surface area contributed by atoms with Crippen molar-refractivity contribution in [2.75, 3.05) is 19.7 Å². The van der Waals surface area contributed by atoms with Gasteiger partial charge in [0.15, 0.2) is 0 Å².